The van der Waals surface area contributed by atoms with Gasteiger partial charge in [0.15, 0.2) is 0 Å². The van der Waals surface area contributed by atoms with E-state index in [2.05, 4.69) is 12.0 Å². The molecule has 0 heterocycles. The number of hydrazone groups is 1. The molecule has 4 N–H and O–H groups in total. The van der Waals surface area contributed by atoms with E-state index < -0.39 is 0 Å². The van der Waals surface area contributed by atoms with Crippen LogP contribution in [0.3, 0.4) is 0 Å². The van der Waals surface area contributed by atoms with Gasteiger partial charge in [0.1, 0.15) is 17.3 Å². The van der Waals surface area contributed by atoms with Gasteiger partial charge in [-0.1, -0.05) is 30.1 Å². The molecule has 0 aliphatic rings. The van der Waals surface area contributed by atoms with E-state index in [0.29, 0.717) is 33.8 Å². The maximum absolute atomic E-state index is 6.27. The molecule has 0 spiro atoms. The van der Waals surface area contributed by atoms with Gasteiger partial charge in [0, 0.05) is 16.3 Å². The van der Waals surface area contributed by atoms with Crippen molar-refractivity contribution in [1.29, 1.82) is 0 Å². The predicted molar refractivity (Wildman–Crippen MR) is 98.9 cm³/mol. The lowest BCUT2D eigenvalue weighted by atomic mass is 10.1. The van der Waals surface area contributed by atoms with Gasteiger partial charge < -0.3 is 16.3 Å². The third-order valence-corrected chi connectivity index (χ3v) is 4.31. The number of thioether (sulfide) groups is 1. The Bertz CT molecular complexity index is 722. The molecule has 23 heavy (non-hydrogen) atoms. The first-order valence-corrected chi connectivity index (χ1v) is 8.68. The molecule has 2 aromatic carbocycles. The SMILES string of the molecule is CCSc1ccc(Oc2cc(Cl)cc(C/C(N)=N/N)c2)c(Cl)c1. The molecule has 0 bridgehead atoms. The Morgan fingerprint density at radius 3 is 2.65 bits per heavy atom. The molecule has 2 aromatic rings. The standard InChI is InChI=1S/C16H17Cl2N3OS/c1-2-23-13-3-4-15(14(18)9-13)22-12-6-10(5-11(17)8-12)7-16(19)21-20/h3-6,8-9H,2,7,20H2,1H3,(H2,19,21). The molecule has 7 heteroatoms. The van der Waals surface area contributed by atoms with Gasteiger partial charge in [-0.3, -0.25) is 0 Å². The van der Waals surface area contributed by atoms with Gasteiger partial charge in [-0.25, -0.2) is 0 Å². The summed E-state index contributed by atoms with van der Waals surface area (Å²) < 4.78 is 5.84. The molecule has 0 unspecified atom stereocenters. The number of benzene rings is 2. The molecule has 0 atom stereocenters. The highest BCUT2D eigenvalue weighted by Gasteiger charge is 2.08. The largest absolute Gasteiger partial charge is 0.456 e. The first kappa shape index (κ1) is 17.8. The molecule has 0 aliphatic heterocycles. The van der Waals surface area contributed by atoms with Gasteiger partial charge in [-0.2, -0.15) is 5.10 Å². The smallest absolute Gasteiger partial charge is 0.146 e. The highest BCUT2D eigenvalue weighted by Crippen LogP contribution is 2.34. The lowest BCUT2D eigenvalue weighted by molar-refractivity contribution is 0.482. The van der Waals surface area contributed by atoms with Crippen molar-refractivity contribution in [2.45, 2.75) is 18.2 Å². The zero-order valence-corrected chi connectivity index (χ0v) is 14.9. The number of amidine groups is 1. The van der Waals surface area contributed by atoms with Crippen molar-refractivity contribution in [3.63, 3.8) is 0 Å². The predicted octanol–water partition coefficient (Wildman–Crippen LogP) is 4.67. The maximum atomic E-state index is 6.27. The highest BCUT2D eigenvalue weighted by atomic mass is 35.5. The molecule has 0 saturated carbocycles. The van der Waals surface area contributed by atoms with E-state index in [-0.39, 0.29) is 0 Å². The Balaban J connectivity index is 2.22. The van der Waals surface area contributed by atoms with E-state index in [1.807, 2.05) is 24.3 Å². The number of halogens is 2. The van der Waals surface area contributed by atoms with Crippen LogP contribution in [0.25, 0.3) is 0 Å². The molecule has 0 aromatic heterocycles. The summed E-state index contributed by atoms with van der Waals surface area (Å²) in [6, 6.07) is 11.0. The minimum atomic E-state index is 0.317. The molecule has 122 valence electrons. The fraction of sp³-hybridized carbons (Fsp3) is 0.188. The van der Waals surface area contributed by atoms with E-state index in [9.17, 15) is 0 Å². The van der Waals surface area contributed by atoms with Gasteiger partial charge in [0.2, 0.25) is 0 Å². The van der Waals surface area contributed by atoms with Gasteiger partial charge >= 0.3 is 0 Å². The first-order valence-electron chi connectivity index (χ1n) is 6.93. The van der Waals surface area contributed by atoms with Crippen molar-refractivity contribution < 1.29 is 4.74 Å². The second-order valence-corrected chi connectivity index (χ2v) is 6.90. The fourth-order valence-electron chi connectivity index (χ4n) is 1.98. The first-order chi connectivity index (χ1) is 11.0. The van der Waals surface area contributed by atoms with E-state index in [1.165, 1.54) is 0 Å². The Hall–Kier alpha value is -1.56. The van der Waals surface area contributed by atoms with Crippen molar-refractivity contribution in [3.05, 3.63) is 52.0 Å². The van der Waals surface area contributed by atoms with E-state index in [0.717, 1.165) is 16.2 Å². The van der Waals surface area contributed by atoms with Crippen LogP contribution in [0.4, 0.5) is 0 Å². The van der Waals surface area contributed by atoms with Crippen LogP contribution in [-0.2, 0) is 6.42 Å². The minimum Gasteiger partial charge on any atom is -0.456 e. The van der Waals surface area contributed by atoms with Gasteiger partial charge in [0.05, 0.1) is 5.02 Å². The zero-order valence-electron chi connectivity index (χ0n) is 12.6. The number of hydrogen-bond donors (Lipinski definition) is 2. The van der Waals surface area contributed by atoms with Gasteiger partial charge in [0.25, 0.3) is 0 Å². The van der Waals surface area contributed by atoms with Crippen LogP contribution in [0.15, 0.2) is 46.4 Å². The molecular weight excluding hydrogens is 353 g/mol. The maximum Gasteiger partial charge on any atom is 0.146 e. The average molecular weight is 370 g/mol. The summed E-state index contributed by atoms with van der Waals surface area (Å²) in [4.78, 5) is 1.10. The molecule has 0 radical (unpaired) electrons. The molecule has 0 saturated heterocycles. The van der Waals surface area contributed by atoms with E-state index in [1.54, 1.807) is 23.9 Å². The number of nitrogens with zero attached hydrogens (tertiary/aromatic N) is 1. The second-order valence-electron chi connectivity index (χ2n) is 4.72. The summed E-state index contributed by atoms with van der Waals surface area (Å²) in [5.74, 6) is 7.61. The average Bonchev–Trinajstić information content (AvgIpc) is 2.49. The topological polar surface area (TPSA) is 73.6 Å². The monoisotopic (exact) mass is 369 g/mol. The number of ether oxygens (including phenoxy) is 1. The van der Waals surface area contributed by atoms with Crippen molar-refractivity contribution in [2.24, 2.45) is 16.7 Å². The van der Waals surface area contributed by atoms with E-state index in [4.69, 9.17) is 39.5 Å². The lowest BCUT2D eigenvalue weighted by Gasteiger charge is -2.11. The van der Waals surface area contributed by atoms with Crippen LogP contribution < -0.4 is 16.3 Å². The molecule has 0 fully saturated rings. The quantitative estimate of drug-likeness (QED) is 0.255. The van der Waals surface area contributed by atoms with Crippen molar-refractivity contribution in [2.75, 3.05) is 5.75 Å². The van der Waals surface area contributed by atoms with E-state index >= 15 is 0 Å². The summed E-state index contributed by atoms with van der Waals surface area (Å²) in [5.41, 5.74) is 6.50. The Morgan fingerprint density at radius 1 is 1.22 bits per heavy atom. The summed E-state index contributed by atoms with van der Waals surface area (Å²) in [6.45, 7) is 2.09. The van der Waals surface area contributed by atoms with Gasteiger partial charge in [-0.05, 0) is 47.7 Å². The van der Waals surface area contributed by atoms with Crippen molar-refractivity contribution in [1.82, 2.24) is 0 Å². The lowest BCUT2D eigenvalue weighted by Crippen LogP contribution is -2.16. The number of hydrogen-bond acceptors (Lipinski definition) is 4. The highest BCUT2D eigenvalue weighted by molar-refractivity contribution is 7.99. The summed E-state index contributed by atoms with van der Waals surface area (Å²) >= 11 is 14.1. The third-order valence-electron chi connectivity index (χ3n) is 2.92. The Labute approximate surface area is 149 Å². The normalized spacial score (nSPS) is 11.5. The van der Waals surface area contributed by atoms with Crippen LogP contribution in [0, 0.1) is 0 Å². The van der Waals surface area contributed by atoms with Gasteiger partial charge in [-0.15, -0.1) is 11.8 Å². The van der Waals surface area contributed by atoms with Crippen LogP contribution in [0.1, 0.15) is 12.5 Å². The molecule has 2 rings (SSSR count). The minimum absolute atomic E-state index is 0.317. The number of rotatable bonds is 6. The van der Waals surface area contributed by atoms with Crippen molar-refractivity contribution in [3.8, 4) is 11.5 Å². The Kier molecular flexibility index (Phi) is 6.45. The zero-order chi connectivity index (χ0) is 16.8. The van der Waals surface area contributed by atoms with Crippen LogP contribution in [0.5, 0.6) is 11.5 Å². The number of nitrogens with two attached hydrogens (primary N) is 2. The molecule has 0 aliphatic carbocycles. The summed E-state index contributed by atoms with van der Waals surface area (Å²) in [5, 5.41) is 4.54. The summed E-state index contributed by atoms with van der Waals surface area (Å²) in [6.07, 6.45) is 0.396. The van der Waals surface area contributed by atoms with Crippen LogP contribution in [0.2, 0.25) is 10.0 Å². The fourth-order valence-corrected chi connectivity index (χ4v) is 3.21. The summed E-state index contributed by atoms with van der Waals surface area (Å²) in [7, 11) is 0. The molecule has 4 nitrogen and oxygen atoms in total. The molecule has 0 amide bonds. The molecular formula is C16H17Cl2N3OS. The van der Waals surface area contributed by atoms with Crippen LogP contribution >= 0.6 is 35.0 Å². The Morgan fingerprint density at radius 2 is 2.00 bits per heavy atom. The van der Waals surface area contributed by atoms with Crippen LogP contribution in [-0.4, -0.2) is 11.6 Å². The third kappa shape index (κ3) is 5.23. The second kappa shape index (κ2) is 8.34. The van der Waals surface area contributed by atoms with Crippen molar-refractivity contribution >= 4 is 40.8 Å².